The molecule has 0 radical (unpaired) electrons. The van der Waals surface area contributed by atoms with Crippen molar-refractivity contribution in [2.75, 3.05) is 0 Å². The minimum absolute atomic E-state index is 1.03. The zero-order valence-corrected chi connectivity index (χ0v) is 8.60. The Hall–Kier alpha value is -1.30. The van der Waals surface area contributed by atoms with Gasteiger partial charge in [0.1, 0.15) is 0 Å². The fourth-order valence-corrected chi connectivity index (χ4v) is 1.22. The molecule has 0 spiro atoms. The SMILES string of the molecule is C1=C\C/C=C/C/C=C/CC/C=C/C=C/1. The van der Waals surface area contributed by atoms with Crippen molar-refractivity contribution in [2.24, 2.45) is 0 Å². The van der Waals surface area contributed by atoms with Crippen molar-refractivity contribution in [3.8, 4) is 0 Å². The second-order valence-corrected chi connectivity index (χ2v) is 3.23. The third-order valence-corrected chi connectivity index (χ3v) is 1.98. The Kier molecular flexibility index (Phi) is 6.39. The summed E-state index contributed by atoms with van der Waals surface area (Å²) in [5, 5.41) is 0. The van der Waals surface area contributed by atoms with Crippen LogP contribution in [0.15, 0.2) is 60.8 Å². The molecule has 0 amide bonds. The number of hydrogen-bond donors (Lipinski definition) is 0. The first-order valence-electron chi connectivity index (χ1n) is 5.28. The molecule has 1 aliphatic carbocycles. The maximum Gasteiger partial charge on any atom is -0.0166 e. The molecule has 0 N–H and O–H groups in total. The van der Waals surface area contributed by atoms with E-state index in [0.29, 0.717) is 0 Å². The lowest BCUT2D eigenvalue weighted by Crippen LogP contribution is -1.66. The van der Waals surface area contributed by atoms with Crippen molar-refractivity contribution in [1.82, 2.24) is 0 Å². The zero-order valence-electron chi connectivity index (χ0n) is 8.60. The van der Waals surface area contributed by atoms with Gasteiger partial charge in [0.2, 0.25) is 0 Å². The average molecular weight is 186 g/mol. The third-order valence-electron chi connectivity index (χ3n) is 1.98. The molecule has 0 bridgehead atoms. The first-order chi connectivity index (χ1) is 7.00. The van der Waals surface area contributed by atoms with Crippen molar-refractivity contribution in [3.05, 3.63) is 60.8 Å². The van der Waals surface area contributed by atoms with Gasteiger partial charge in [0.05, 0.1) is 0 Å². The Balaban J connectivity index is 2.45. The van der Waals surface area contributed by atoms with Crippen molar-refractivity contribution in [1.29, 1.82) is 0 Å². The molecular weight excluding hydrogens is 168 g/mol. The topological polar surface area (TPSA) is 0 Å². The molecule has 0 aliphatic heterocycles. The van der Waals surface area contributed by atoms with Crippen LogP contribution in [0.3, 0.4) is 0 Å². The summed E-state index contributed by atoms with van der Waals surface area (Å²) >= 11 is 0. The van der Waals surface area contributed by atoms with E-state index in [1.54, 1.807) is 0 Å². The quantitative estimate of drug-likeness (QED) is 0.494. The summed E-state index contributed by atoms with van der Waals surface area (Å²) in [6.45, 7) is 0. The van der Waals surface area contributed by atoms with Gasteiger partial charge in [-0.15, -0.1) is 0 Å². The molecular formula is C14H18. The van der Waals surface area contributed by atoms with Crippen molar-refractivity contribution >= 4 is 0 Å². The number of rotatable bonds is 0. The lowest BCUT2D eigenvalue weighted by molar-refractivity contribution is 1.04. The first-order valence-corrected chi connectivity index (χ1v) is 5.28. The smallest absolute Gasteiger partial charge is 0.0166 e. The molecule has 0 fully saturated rings. The van der Waals surface area contributed by atoms with E-state index < -0.39 is 0 Å². The second kappa shape index (κ2) is 8.31. The minimum Gasteiger partial charge on any atom is -0.0879 e. The van der Waals surface area contributed by atoms with Crippen LogP contribution in [-0.2, 0) is 0 Å². The molecule has 0 atom stereocenters. The Morgan fingerprint density at radius 1 is 0.429 bits per heavy atom. The molecule has 0 unspecified atom stereocenters. The maximum atomic E-state index is 2.25. The molecule has 0 saturated heterocycles. The number of allylic oxidation sites excluding steroid dienone is 10. The molecule has 1 rings (SSSR count). The Bertz CT molecular complexity index is 262. The molecule has 0 aromatic rings. The average Bonchev–Trinajstić information content (AvgIpc) is 2.22. The lowest BCUT2D eigenvalue weighted by Gasteiger charge is -1.87. The van der Waals surface area contributed by atoms with Gasteiger partial charge in [-0.3, -0.25) is 0 Å². The summed E-state index contributed by atoms with van der Waals surface area (Å²) < 4.78 is 0. The van der Waals surface area contributed by atoms with Crippen LogP contribution in [0.4, 0.5) is 0 Å². The predicted octanol–water partition coefficient (Wildman–Crippen LogP) is 4.34. The third kappa shape index (κ3) is 6.24. The summed E-state index contributed by atoms with van der Waals surface area (Å²) in [5.41, 5.74) is 0. The summed E-state index contributed by atoms with van der Waals surface area (Å²) in [6, 6.07) is 0. The molecule has 0 heteroatoms. The fourth-order valence-electron chi connectivity index (χ4n) is 1.22. The highest BCUT2D eigenvalue weighted by molar-refractivity contribution is 5.12. The normalized spacial score (nSPS) is 29.7. The van der Waals surface area contributed by atoms with E-state index in [1.165, 1.54) is 0 Å². The standard InChI is InChI=1S/C14H18/c1-2-4-6-8-10-12-14-13-11-9-7-5-3-1/h1-6,9,11-12,14H,7-8,10,13H2/b2-1+,5-3-,6-4+,11-9+,14-12+. The van der Waals surface area contributed by atoms with Crippen LogP contribution < -0.4 is 0 Å². The van der Waals surface area contributed by atoms with Crippen LogP contribution in [0.25, 0.3) is 0 Å². The first kappa shape index (κ1) is 10.8. The summed E-state index contributed by atoms with van der Waals surface area (Å²) in [7, 11) is 0. The summed E-state index contributed by atoms with van der Waals surface area (Å²) in [6.07, 6.45) is 26.0. The van der Waals surface area contributed by atoms with E-state index in [9.17, 15) is 0 Å². The summed E-state index contributed by atoms with van der Waals surface area (Å²) in [4.78, 5) is 0. The highest BCUT2D eigenvalue weighted by Gasteiger charge is 1.77. The van der Waals surface area contributed by atoms with E-state index in [-0.39, 0.29) is 0 Å². The predicted molar refractivity (Wildman–Crippen MR) is 64.2 cm³/mol. The van der Waals surface area contributed by atoms with Gasteiger partial charge in [-0.1, -0.05) is 60.8 Å². The van der Waals surface area contributed by atoms with Gasteiger partial charge in [-0.25, -0.2) is 0 Å². The van der Waals surface area contributed by atoms with Crippen molar-refractivity contribution in [3.63, 3.8) is 0 Å². The maximum absolute atomic E-state index is 2.25. The highest BCUT2D eigenvalue weighted by atomic mass is 13.8. The van der Waals surface area contributed by atoms with Crippen LogP contribution in [0.1, 0.15) is 25.7 Å². The molecule has 14 heavy (non-hydrogen) atoms. The number of hydrogen-bond acceptors (Lipinski definition) is 0. The van der Waals surface area contributed by atoms with Crippen molar-refractivity contribution in [2.45, 2.75) is 25.7 Å². The zero-order chi connectivity index (χ0) is 9.90. The molecule has 0 nitrogen and oxygen atoms in total. The van der Waals surface area contributed by atoms with Gasteiger partial charge < -0.3 is 0 Å². The van der Waals surface area contributed by atoms with Gasteiger partial charge in [-0.05, 0) is 25.7 Å². The van der Waals surface area contributed by atoms with E-state index in [1.807, 2.05) is 0 Å². The second-order valence-electron chi connectivity index (χ2n) is 3.23. The molecule has 0 aromatic heterocycles. The van der Waals surface area contributed by atoms with Crippen LogP contribution in [0, 0.1) is 0 Å². The van der Waals surface area contributed by atoms with E-state index in [4.69, 9.17) is 0 Å². The van der Waals surface area contributed by atoms with Gasteiger partial charge in [0, 0.05) is 0 Å². The monoisotopic (exact) mass is 186 g/mol. The van der Waals surface area contributed by atoms with Crippen LogP contribution in [0.5, 0.6) is 0 Å². The van der Waals surface area contributed by atoms with Gasteiger partial charge in [0.15, 0.2) is 0 Å². The molecule has 0 heterocycles. The lowest BCUT2D eigenvalue weighted by atomic mass is 10.2. The Morgan fingerprint density at radius 3 is 1.86 bits per heavy atom. The van der Waals surface area contributed by atoms with E-state index >= 15 is 0 Å². The van der Waals surface area contributed by atoms with E-state index in [2.05, 4.69) is 60.8 Å². The molecule has 74 valence electrons. The van der Waals surface area contributed by atoms with Crippen molar-refractivity contribution < 1.29 is 0 Å². The molecule has 0 aromatic carbocycles. The minimum atomic E-state index is 1.03. The van der Waals surface area contributed by atoms with Gasteiger partial charge in [0.25, 0.3) is 0 Å². The van der Waals surface area contributed by atoms with Gasteiger partial charge in [-0.2, -0.15) is 0 Å². The van der Waals surface area contributed by atoms with Crippen LogP contribution >= 0.6 is 0 Å². The van der Waals surface area contributed by atoms with Crippen LogP contribution in [-0.4, -0.2) is 0 Å². The van der Waals surface area contributed by atoms with Gasteiger partial charge >= 0.3 is 0 Å². The Morgan fingerprint density at radius 2 is 1.00 bits per heavy atom. The van der Waals surface area contributed by atoms with Crippen LogP contribution in [0.2, 0.25) is 0 Å². The summed E-state index contributed by atoms with van der Waals surface area (Å²) in [5.74, 6) is 0. The molecule has 0 saturated carbocycles. The fraction of sp³-hybridized carbons (Fsp3) is 0.286. The highest BCUT2D eigenvalue weighted by Crippen LogP contribution is 1.97. The van der Waals surface area contributed by atoms with E-state index in [0.717, 1.165) is 25.7 Å². The molecule has 1 aliphatic rings. The Labute approximate surface area is 87.0 Å². The largest absolute Gasteiger partial charge is 0.0879 e.